The molecule has 3 aliphatic carbocycles. The van der Waals surface area contributed by atoms with E-state index in [2.05, 4.69) is 22.3 Å². The Morgan fingerprint density at radius 2 is 1.74 bits per heavy atom. The van der Waals surface area contributed by atoms with Crippen LogP contribution in [-0.4, -0.2) is 57.9 Å². The number of nitrogens with one attached hydrogen (secondary N) is 1. The lowest BCUT2D eigenvalue weighted by Crippen LogP contribution is -2.57. The molecule has 3 N–H and O–H groups in total. The molecule has 3 aliphatic heterocycles. The Hall–Kier alpha value is -1.27. The molecule has 0 aromatic heterocycles. The lowest BCUT2D eigenvalue weighted by Gasteiger charge is -2.44. The molecule has 3 saturated heterocycles. The maximum absolute atomic E-state index is 11.8. The van der Waals surface area contributed by atoms with Crippen molar-refractivity contribution in [2.45, 2.75) is 113 Å². The quantitative estimate of drug-likeness (QED) is 0.436. The van der Waals surface area contributed by atoms with E-state index in [0.717, 1.165) is 37.7 Å². The summed E-state index contributed by atoms with van der Waals surface area (Å²) in [7, 11) is 0. The van der Waals surface area contributed by atoms with Crippen LogP contribution in [0.3, 0.4) is 0 Å². The first kappa shape index (κ1) is 22.9. The van der Waals surface area contributed by atoms with Gasteiger partial charge in [-0.15, -0.1) is 0 Å². The van der Waals surface area contributed by atoms with Crippen LogP contribution >= 0.6 is 0 Å². The van der Waals surface area contributed by atoms with Crippen LogP contribution in [0.25, 0.3) is 0 Å². The second kappa shape index (κ2) is 8.37. The zero-order valence-corrected chi connectivity index (χ0v) is 20.9. The standard InChI is InChI=1S/C30H42N2O3/c33-17-19-7-9-21(10-8-19)27(20-5-1-2-6-20)25-16-23(30(35)18-32(25)30)24-12-11-22-15-26(34)29(28(22)31-24)13-3-4-14-29/h7-10,17,20,22-28,31,34-35H,1-6,11-16,18H2/t22-,23+,24-,25+,26-,27-,28-,30-,32?/m1/s1. The fraction of sp³-hybridized carbons (Fsp3) is 0.767. The van der Waals surface area contributed by atoms with E-state index in [4.69, 9.17) is 0 Å². The van der Waals surface area contributed by atoms with Crippen LogP contribution in [-0.2, 0) is 0 Å². The molecule has 5 heteroatoms. The molecule has 5 nitrogen and oxygen atoms in total. The Morgan fingerprint density at radius 1 is 1.00 bits per heavy atom. The Bertz CT molecular complexity index is 953. The summed E-state index contributed by atoms with van der Waals surface area (Å²) in [6.07, 6.45) is 15.1. The highest BCUT2D eigenvalue weighted by molar-refractivity contribution is 5.74. The lowest BCUT2D eigenvalue weighted by atomic mass is 9.72. The second-order valence-corrected chi connectivity index (χ2v) is 13.1. The van der Waals surface area contributed by atoms with Gasteiger partial charge in [-0.3, -0.25) is 9.69 Å². The van der Waals surface area contributed by atoms with Crippen molar-refractivity contribution in [3.63, 3.8) is 0 Å². The van der Waals surface area contributed by atoms with Gasteiger partial charge in [-0.05, 0) is 68.8 Å². The van der Waals surface area contributed by atoms with E-state index >= 15 is 0 Å². The van der Waals surface area contributed by atoms with E-state index in [-0.39, 0.29) is 17.4 Å². The highest BCUT2D eigenvalue weighted by Gasteiger charge is 2.69. The molecule has 9 atom stereocenters. The summed E-state index contributed by atoms with van der Waals surface area (Å²) in [6, 6.07) is 9.45. The summed E-state index contributed by atoms with van der Waals surface area (Å²) in [5.41, 5.74) is 1.52. The predicted octanol–water partition coefficient (Wildman–Crippen LogP) is 4.23. The summed E-state index contributed by atoms with van der Waals surface area (Å²) >= 11 is 0. The Morgan fingerprint density at radius 3 is 2.46 bits per heavy atom. The first-order valence-electron chi connectivity index (χ1n) is 14.5. The van der Waals surface area contributed by atoms with E-state index in [1.54, 1.807) is 0 Å². The molecule has 7 rings (SSSR count). The molecule has 6 fully saturated rings. The number of aliphatic hydroxyl groups excluding tert-OH is 1. The predicted molar refractivity (Wildman–Crippen MR) is 135 cm³/mol. The minimum absolute atomic E-state index is 0.0832. The summed E-state index contributed by atoms with van der Waals surface area (Å²) in [4.78, 5) is 13.7. The summed E-state index contributed by atoms with van der Waals surface area (Å²) in [5, 5.41) is 27.0. The number of fused-ring (bicyclic) bond motifs is 3. The molecule has 1 aromatic carbocycles. The number of piperidine rings is 2. The smallest absolute Gasteiger partial charge is 0.150 e. The molecule has 1 aromatic rings. The van der Waals surface area contributed by atoms with Gasteiger partial charge in [0.25, 0.3) is 0 Å². The zero-order valence-electron chi connectivity index (χ0n) is 20.9. The maximum Gasteiger partial charge on any atom is 0.150 e. The van der Waals surface area contributed by atoms with Gasteiger partial charge in [0.1, 0.15) is 12.0 Å². The van der Waals surface area contributed by atoms with Crippen molar-refractivity contribution in [2.24, 2.45) is 23.2 Å². The van der Waals surface area contributed by atoms with Gasteiger partial charge < -0.3 is 15.5 Å². The average molecular weight is 479 g/mol. The van der Waals surface area contributed by atoms with Gasteiger partial charge in [0.2, 0.25) is 0 Å². The molecule has 0 amide bonds. The fourth-order valence-corrected chi connectivity index (χ4v) is 9.90. The Labute approximate surface area is 209 Å². The Kier molecular flexibility index (Phi) is 5.48. The number of aldehydes is 1. The first-order valence-corrected chi connectivity index (χ1v) is 14.5. The third-order valence-electron chi connectivity index (χ3n) is 11.6. The van der Waals surface area contributed by atoms with Crippen molar-refractivity contribution in [3.05, 3.63) is 35.4 Å². The van der Waals surface area contributed by atoms with Gasteiger partial charge in [0.15, 0.2) is 0 Å². The zero-order chi connectivity index (χ0) is 23.8. The highest BCUT2D eigenvalue weighted by atomic mass is 16.3. The van der Waals surface area contributed by atoms with E-state index in [1.165, 1.54) is 63.4 Å². The third kappa shape index (κ3) is 3.44. The van der Waals surface area contributed by atoms with Gasteiger partial charge in [0.05, 0.1) is 6.10 Å². The minimum atomic E-state index is -0.658. The normalized spacial score (nSPS) is 44.9. The molecule has 0 bridgehead atoms. The number of carbonyl (C=O) groups excluding carboxylic acids is 1. The SMILES string of the molecule is O=Cc1ccc([C@@H](C2CCCC2)[C@@H]2C[C@@H]([C@H]3CC[C@@H]4C[C@@H](O)C5(CCCC5)[C@@H]4N3)[C@]3(O)CN23)cc1. The molecular weight excluding hydrogens is 436 g/mol. The number of hydrogen-bond acceptors (Lipinski definition) is 5. The van der Waals surface area contributed by atoms with Crippen molar-refractivity contribution in [1.82, 2.24) is 10.2 Å². The fourth-order valence-electron chi connectivity index (χ4n) is 9.90. The lowest BCUT2D eigenvalue weighted by molar-refractivity contribution is 0.00890. The van der Waals surface area contributed by atoms with Crippen LogP contribution < -0.4 is 5.32 Å². The topological polar surface area (TPSA) is 72.6 Å². The van der Waals surface area contributed by atoms with Gasteiger partial charge in [-0.2, -0.15) is 0 Å². The first-order chi connectivity index (χ1) is 17.0. The third-order valence-corrected chi connectivity index (χ3v) is 11.6. The van der Waals surface area contributed by atoms with Crippen molar-refractivity contribution in [1.29, 1.82) is 0 Å². The molecule has 6 aliphatic rings. The van der Waals surface area contributed by atoms with Crippen molar-refractivity contribution >= 4 is 6.29 Å². The molecule has 35 heavy (non-hydrogen) atoms. The number of hydrogen-bond donors (Lipinski definition) is 3. The van der Waals surface area contributed by atoms with Gasteiger partial charge in [-0.1, -0.05) is 49.9 Å². The van der Waals surface area contributed by atoms with E-state index in [1.807, 2.05) is 12.1 Å². The number of rotatable bonds is 5. The molecule has 0 radical (unpaired) electrons. The van der Waals surface area contributed by atoms with E-state index < -0.39 is 5.72 Å². The molecule has 190 valence electrons. The maximum atomic E-state index is 11.8. The van der Waals surface area contributed by atoms with Gasteiger partial charge in [-0.25, -0.2) is 0 Å². The average Bonchev–Trinajstić information content (AvgIpc) is 3.40. The molecule has 3 heterocycles. The molecule has 1 unspecified atom stereocenters. The monoisotopic (exact) mass is 478 g/mol. The highest BCUT2D eigenvalue weighted by Crippen LogP contribution is 2.60. The van der Waals surface area contributed by atoms with Gasteiger partial charge >= 0.3 is 0 Å². The summed E-state index contributed by atoms with van der Waals surface area (Å²) in [6.45, 7) is 0.804. The summed E-state index contributed by atoms with van der Waals surface area (Å²) < 4.78 is 0. The van der Waals surface area contributed by atoms with Crippen LogP contribution in [0.15, 0.2) is 24.3 Å². The molecule has 1 spiro atoms. The number of benzene rings is 1. The van der Waals surface area contributed by atoms with Crippen molar-refractivity contribution in [2.75, 3.05) is 6.54 Å². The van der Waals surface area contributed by atoms with Gasteiger partial charge in [0, 0.05) is 47.5 Å². The van der Waals surface area contributed by atoms with Crippen LogP contribution in [0.4, 0.5) is 0 Å². The van der Waals surface area contributed by atoms with Crippen molar-refractivity contribution < 1.29 is 15.0 Å². The van der Waals surface area contributed by atoms with E-state index in [9.17, 15) is 15.0 Å². The van der Waals surface area contributed by atoms with E-state index in [0.29, 0.717) is 35.9 Å². The minimum Gasteiger partial charge on any atom is -0.392 e. The van der Waals surface area contributed by atoms with Crippen LogP contribution in [0, 0.1) is 23.2 Å². The van der Waals surface area contributed by atoms with Crippen LogP contribution in [0.1, 0.15) is 98.9 Å². The van der Waals surface area contributed by atoms with Crippen molar-refractivity contribution in [3.8, 4) is 0 Å². The Balaban J connectivity index is 1.15. The summed E-state index contributed by atoms with van der Waals surface area (Å²) in [5.74, 6) is 1.97. The largest absolute Gasteiger partial charge is 0.392 e. The number of aliphatic hydroxyl groups is 2. The number of carbonyl (C=O) groups is 1. The molecule has 3 saturated carbocycles. The molecular formula is C30H42N2O3. The number of nitrogens with zero attached hydrogens (tertiary/aromatic N) is 1. The van der Waals surface area contributed by atoms with Crippen LogP contribution in [0.2, 0.25) is 0 Å². The van der Waals surface area contributed by atoms with Crippen LogP contribution in [0.5, 0.6) is 0 Å². The second-order valence-electron chi connectivity index (χ2n) is 13.1.